The molecule has 116 valence electrons. The predicted octanol–water partition coefficient (Wildman–Crippen LogP) is 1.07. The van der Waals surface area contributed by atoms with Gasteiger partial charge in [-0.15, -0.1) is 0 Å². The van der Waals surface area contributed by atoms with E-state index in [1.165, 1.54) is 0 Å². The summed E-state index contributed by atoms with van der Waals surface area (Å²) in [4.78, 5) is 34.6. The van der Waals surface area contributed by atoms with E-state index < -0.39 is 24.5 Å². The van der Waals surface area contributed by atoms with Crippen molar-refractivity contribution in [1.29, 1.82) is 0 Å². The lowest BCUT2D eigenvalue weighted by Crippen LogP contribution is -2.44. The van der Waals surface area contributed by atoms with Crippen LogP contribution in [0.1, 0.15) is 42.1 Å². The van der Waals surface area contributed by atoms with Crippen molar-refractivity contribution in [3.63, 3.8) is 0 Å². The monoisotopic (exact) mass is 297 g/mol. The first-order valence-electron chi connectivity index (χ1n) is 6.55. The van der Waals surface area contributed by atoms with E-state index in [2.05, 4.69) is 15.8 Å². The number of hydrogen-bond acceptors (Lipinski definition) is 6. The minimum absolute atomic E-state index is 0.0531. The molecule has 0 radical (unpaired) electrons. The molecule has 0 bridgehead atoms. The number of rotatable bonds is 5. The maximum absolute atomic E-state index is 11.8. The first-order valence-corrected chi connectivity index (χ1v) is 6.55. The highest BCUT2D eigenvalue weighted by Crippen LogP contribution is 2.13. The number of carbonyl (C=O) groups excluding carboxylic acids is 3. The van der Waals surface area contributed by atoms with Crippen molar-refractivity contribution >= 4 is 17.9 Å². The lowest BCUT2D eigenvalue weighted by molar-refractivity contribution is -0.123. The van der Waals surface area contributed by atoms with E-state index in [-0.39, 0.29) is 11.6 Å². The second-order valence-corrected chi connectivity index (χ2v) is 4.61. The summed E-state index contributed by atoms with van der Waals surface area (Å²) in [5.41, 5.74) is 0.569. The molecule has 0 fully saturated rings. The molecule has 1 heterocycles. The van der Waals surface area contributed by atoms with Crippen LogP contribution in [0, 0.1) is 13.8 Å². The number of imide groups is 1. The summed E-state index contributed by atoms with van der Waals surface area (Å²) >= 11 is 0. The summed E-state index contributed by atoms with van der Waals surface area (Å²) in [5.74, 6) is -1.12. The van der Waals surface area contributed by atoms with E-state index in [0.29, 0.717) is 11.5 Å². The third-order valence-corrected chi connectivity index (χ3v) is 2.81. The van der Waals surface area contributed by atoms with Gasteiger partial charge < -0.3 is 14.6 Å². The second kappa shape index (κ2) is 7.41. The van der Waals surface area contributed by atoms with Crippen LogP contribution in [-0.4, -0.2) is 35.7 Å². The molecule has 8 nitrogen and oxygen atoms in total. The quantitative estimate of drug-likeness (QED) is 0.787. The first kappa shape index (κ1) is 16.7. The summed E-state index contributed by atoms with van der Waals surface area (Å²) < 4.78 is 9.64. The topological polar surface area (TPSA) is 111 Å². The van der Waals surface area contributed by atoms with Gasteiger partial charge in [0.2, 0.25) is 0 Å². The van der Waals surface area contributed by atoms with Crippen LogP contribution in [0.5, 0.6) is 0 Å². The normalized spacial score (nSPS) is 11.6. The van der Waals surface area contributed by atoms with Crippen molar-refractivity contribution in [1.82, 2.24) is 15.8 Å². The molecule has 2 N–H and O–H groups in total. The fraction of sp³-hybridized carbons (Fsp3) is 0.538. The Labute approximate surface area is 122 Å². The first-order chi connectivity index (χ1) is 9.85. The van der Waals surface area contributed by atoms with Crippen LogP contribution >= 0.6 is 0 Å². The van der Waals surface area contributed by atoms with Crippen LogP contribution in [0.4, 0.5) is 4.79 Å². The van der Waals surface area contributed by atoms with Crippen LogP contribution in [0.3, 0.4) is 0 Å². The number of aromatic nitrogens is 1. The summed E-state index contributed by atoms with van der Waals surface area (Å²) in [6, 6.07) is -0.676. The minimum atomic E-state index is -0.719. The van der Waals surface area contributed by atoms with Gasteiger partial charge in [-0.2, -0.15) is 0 Å². The number of hydrogen-bond donors (Lipinski definition) is 2. The lowest BCUT2D eigenvalue weighted by atomic mass is 10.2. The highest BCUT2D eigenvalue weighted by molar-refractivity contribution is 5.97. The number of amides is 3. The van der Waals surface area contributed by atoms with E-state index in [4.69, 9.17) is 9.26 Å². The van der Waals surface area contributed by atoms with Crippen molar-refractivity contribution in [3.05, 3.63) is 17.0 Å². The number of urea groups is 1. The molecular formula is C13H19N3O5. The maximum Gasteiger partial charge on any atom is 0.344 e. The van der Waals surface area contributed by atoms with Gasteiger partial charge in [-0.3, -0.25) is 10.1 Å². The summed E-state index contributed by atoms with van der Waals surface area (Å²) in [7, 11) is 0. The van der Waals surface area contributed by atoms with Gasteiger partial charge >= 0.3 is 12.0 Å². The molecule has 0 saturated heterocycles. The van der Waals surface area contributed by atoms with Gasteiger partial charge in [-0.05, 0) is 27.2 Å². The molecule has 0 aliphatic carbocycles. The summed E-state index contributed by atoms with van der Waals surface area (Å²) in [6.45, 7) is 6.31. The van der Waals surface area contributed by atoms with E-state index in [1.54, 1.807) is 13.8 Å². The van der Waals surface area contributed by atoms with Crippen LogP contribution < -0.4 is 10.6 Å². The number of aryl methyl sites for hydroxylation is 2. The molecule has 1 rings (SSSR count). The van der Waals surface area contributed by atoms with Crippen molar-refractivity contribution in [3.8, 4) is 0 Å². The largest absolute Gasteiger partial charge is 0.452 e. The van der Waals surface area contributed by atoms with Gasteiger partial charge in [0.25, 0.3) is 5.91 Å². The average Bonchev–Trinajstić information content (AvgIpc) is 2.75. The van der Waals surface area contributed by atoms with E-state index in [9.17, 15) is 14.4 Å². The molecule has 0 saturated carbocycles. The van der Waals surface area contributed by atoms with Gasteiger partial charge in [0.05, 0.1) is 5.69 Å². The molecule has 0 aliphatic heterocycles. The molecule has 1 atom stereocenters. The van der Waals surface area contributed by atoms with Crippen LogP contribution in [-0.2, 0) is 9.53 Å². The highest BCUT2D eigenvalue weighted by Gasteiger charge is 2.20. The zero-order chi connectivity index (χ0) is 16.0. The van der Waals surface area contributed by atoms with E-state index >= 15 is 0 Å². The Bertz CT molecular complexity index is 518. The highest BCUT2D eigenvalue weighted by atomic mass is 16.5. The molecule has 1 aromatic heterocycles. The Morgan fingerprint density at radius 2 is 2.00 bits per heavy atom. The van der Waals surface area contributed by atoms with Crippen molar-refractivity contribution in [2.75, 3.05) is 6.61 Å². The van der Waals surface area contributed by atoms with Crippen molar-refractivity contribution in [2.45, 2.75) is 40.2 Å². The molecule has 0 spiro atoms. The van der Waals surface area contributed by atoms with Crippen molar-refractivity contribution in [2.24, 2.45) is 0 Å². The number of nitrogens with one attached hydrogen (secondary N) is 2. The predicted molar refractivity (Wildman–Crippen MR) is 72.7 cm³/mol. The van der Waals surface area contributed by atoms with Gasteiger partial charge in [0, 0.05) is 6.04 Å². The third-order valence-electron chi connectivity index (χ3n) is 2.81. The molecule has 1 aromatic rings. The Morgan fingerprint density at radius 3 is 2.52 bits per heavy atom. The number of ether oxygens (including phenoxy) is 1. The van der Waals surface area contributed by atoms with E-state index in [1.807, 2.05) is 13.8 Å². The zero-order valence-corrected chi connectivity index (χ0v) is 12.5. The Balaban J connectivity index is 2.43. The maximum atomic E-state index is 11.8. The Hall–Kier alpha value is -2.38. The van der Waals surface area contributed by atoms with Gasteiger partial charge in [-0.25, -0.2) is 9.59 Å². The van der Waals surface area contributed by atoms with E-state index in [0.717, 1.165) is 6.42 Å². The Kier molecular flexibility index (Phi) is 5.89. The summed E-state index contributed by atoms with van der Waals surface area (Å²) in [6.07, 6.45) is 0.739. The molecule has 0 aromatic carbocycles. The molecular weight excluding hydrogens is 278 g/mol. The van der Waals surface area contributed by atoms with Gasteiger partial charge in [0.1, 0.15) is 11.3 Å². The molecule has 21 heavy (non-hydrogen) atoms. The Morgan fingerprint density at radius 1 is 1.33 bits per heavy atom. The smallest absolute Gasteiger partial charge is 0.344 e. The molecule has 3 amide bonds. The fourth-order valence-corrected chi connectivity index (χ4v) is 1.50. The van der Waals surface area contributed by atoms with Crippen LogP contribution in [0.15, 0.2) is 4.52 Å². The molecule has 0 unspecified atom stereocenters. The summed E-state index contributed by atoms with van der Waals surface area (Å²) in [5, 5.41) is 8.24. The minimum Gasteiger partial charge on any atom is -0.452 e. The van der Waals surface area contributed by atoms with Gasteiger partial charge in [0.15, 0.2) is 6.61 Å². The zero-order valence-electron chi connectivity index (χ0n) is 12.5. The average molecular weight is 297 g/mol. The second-order valence-electron chi connectivity index (χ2n) is 4.61. The van der Waals surface area contributed by atoms with Crippen molar-refractivity contribution < 1.29 is 23.6 Å². The van der Waals surface area contributed by atoms with Gasteiger partial charge in [-0.1, -0.05) is 12.1 Å². The number of nitrogens with zero attached hydrogens (tertiary/aromatic N) is 1. The fourth-order valence-electron chi connectivity index (χ4n) is 1.50. The standard InChI is InChI=1S/C13H19N3O5/c1-5-7(2)14-13(19)15-10(17)6-20-12(18)11-8(3)16-21-9(11)4/h7H,5-6H2,1-4H3,(H2,14,15,17,19)/t7-/m0/s1. The third kappa shape index (κ3) is 4.90. The SMILES string of the molecule is CC[C@H](C)NC(=O)NC(=O)COC(=O)c1c(C)noc1C. The van der Waals surface area contributed by atoms with Crippen LogP contribution in [0.2, 0.25) is 0 Å². The lowest BCUT2D eigenvalue weighted by Gasteiger charge is -2.11. The number of carbonyl (C=O) groups is 3. The molecule has 8 heteroatoms. The molecule has 0 aliphatic rings. The van der Waals surface area contributed by atoms with Crippen LogP contribution in [0.25, 0.3) is 0 Å². The number of esters is 1.